The zero-order valence-corrected chi connectivity index (χ0v) is 21.2. The lowest BCUT2D eigenvalue weighted by molar-refractivity contribution is 0.0968. The van der Waals surface area contributed by atoms with E-state index in [1.807, 2.05) is 12.1 Å². The van der Waals surface area contributed by atoms with Gasteiger partial charge >= 0.3 is 0 Å². The van der Waals surface area contributed by atoms with E-state index in [0.717, 1.165) is 44.6 Å². The van der Waals surface area contributed by atoms with Crippen molar-refractivity contribution in [2.75, 3.05) is 23.3 Å². The normalized spacial score (nSPS) is 17.6. The number of hydrogen-bond donors (Lipinski definition) is 3. The minimum atomic E-state index is -0.843. The molecule has 1 atom stereocenters. The number of nitrogens with two attached hydrogens (primary N) is 1. The number of Topliss-reactive ketones (excluding diaryl/α,β-unsaturated/α-hetero) is 1. The number of rotatable bonds is 6. The molecule has 6 rings (SSSR count). The van der Waals surface area contributed by atoms with Gasteiger partial charge < -0.3 is 21.1 Å². The Morgan fingerprint density at radius 3 is 2.68 bits per heavy atom. The Kier molecular flexibility index (Phi) is 6.33. The molecule has 3 aromatic heterocycles. The predicted molar refractivity (Wildman–Crippen MR) is 146 cm³/mol. The van der Waals surface area contributed by atoms with E-state index in [2.05, 4.69) is 20.2 Å². The quantitative estimate of drug-likeness (QED) is 0.280. The van der Waals surface area contributed by atoms with Crippen LogP contribution in [0.4, 0.5) is 21.6 Å². The van der Waals surface area contributed by atoms with E-state index < -0.39 is 11.6 Å². The lowest BCUT2D eigenvalue weighted by Crippen LogP contribution is -2.43. The van der Waals surface area contributed by atoms with Gasteiger partial charge in [-0.1, -0.05) is 11.6 Å². The summed E-state index contributed by atoms with van der Waals surface area (Å²) in [6.07, 6.45) is 7.06. The van der Waals surface area contributed by atoms with Crippen molar-refractivity contribution < 1.29 is 14.3 Å². The number of piperidine rings is 1. The summed E-state index contributed by atoms with van der Waals surface area (Å²) in [5.74, 6) is -0.609. The lowest BCUT2D eigenvalue weighted by atomic mass is 10.0. The number of fused-ring (bicyclic) bond motifs is 1. The summed E-state index contributed by atoms with van der Waals surface area (Å²) >= 11 is 6.01. The van der Waals surface area contributed by atoms with Gasteiger partial charge in [0.05, 0.1) is 39.4 Å². The molecule has 2 aliphatic rings. The average Bonchev–Trinajstić information content (AvgIpc) is 3.77. The molecule has 1 aromatic carbocycles. The average molecular weight is 533 g/mol. The first-order chi connectivity index (χ1) is 18.4. The number of carbonyl (C=O) groups excluding carboxylic acids is 1. The van der Waals surface area contributed by atoms with Crippen LogP contribution in [0, 0.1) is 11.7 Å². The van der Waals surface area contributed by atoms with Crippen LogP contribution in [0.2, 0.25) is 5.02 Å². The molecule has 0 amide bonds. The molecule has 4 aromatic rings. The number of nitrogens with one attached hydrogen (secondary N) is 1. The first-order valence-electron chi connectivity index (χ1n) is 12.6. The molecule has 1 saturated carbocycles. The molecular formula is C28H26ClFN6O2. The van der Waals surface area contributed by atoms with Crippen LogP contribution in [0.5, 0.6) is 5.75 Å². The number of pyridine rings is 3. The van der Waals surface area contributed by atoms with Gasteiger partial charge in [0, 0.05) is 36.8 Å². The lowest BCUT2D eigenvalue weighted by Gasteiger charge is -2.31. The van der Waals surface area contributed by atoms with Gasteiger partial charge in [-0.15, -0.1) is 0 Å². The van der Waals surface area contributed by atoms with Crippen LogP contribution in [0.3, 0.4) is 0 Å². The third kappa shape index (κ3) is 4.75. The summed E-state index contributed by atoms with van der Waals surface area (Å²) in [5.41, 5.74) is 9.65. The van der Waals surface area contributed by atoms with E-state index >= 15 is 0 Å². The van der Waals surface area contributed by atoms with Gasteiger partial charge in [-0.3, -0.25) is 9.78 Å². The molecule has 4 heterocycles. The van der Waals surface area contributed by atoms with E-state index in [-0.39, 0.29) is 22.8 Å². The van der Waals surface area contributed by atoms with Gasteiger partial charge in [-0.2, -0.15) is 0 Å². The monoisotopic (exact) mass is 532 g/mol. The van der Waals surface area contributed by atoms with Crippen molar-refractivity contribution in [2.45, 2.75) is 31.7 Å². The number of carbonyl (C=O) groups is 1. The van der Waals surface area contributed by atoms with Crippen molar-refractivity contribution in [2.24, 2.45) is 11.7 Å². The Bertz CT molecular complexity index is 1520. The molecule has 38 heavy (non-hydrogen) atoms. The molecule has 1 aliphatic carbocycles. The smallest absolute Gasteiger partial charge is 0.170 e. The minimum absolute atomic E-state index is 0.0136. The number of phenols is 1. The van der Waals surface area contributed by atoms with Crippen molar-refractivity contribution in [3.05, 3.63) is 65.2 Å². The second kappa shape index (κ2) is 9.81. The summed E-state index contributed by atoms with van der Waals surface area (Å²) in [6.45, 7) is 1.68. The number of aromatic hydroxyl groups is 1. The van der Waals surface area contributed by atoms with Crippen molar-refractivity contribution in [3.8, 4) is 17.0 Å². The molecule has 1 aliphatic heterocycles. The SMILES string of the molecule is NC1CCCN(c2ccc(Nc3c(C(=O)C4CC4)cnc4ccc(-c5cc(F)c(O)c(Cl)c5)nc34)cn2)C1. The summed E-state index contributed by atoms with van der Waals surface area (Å²) in [7, 11) is 0. The van der Waals surface area contributed by atoms with E-state index in [1.54, 1.807) is 24.5 Å². The number of ketones is 1. The highest BCUT2D eigenvalue weighted by molar-refractivity contribution is 6.32. The highest BCUT2D eigenvalue weighted by Gasteiger charge is 2.33. The molecule has 1 unspecified atom stereocenters. The maximum Gasteiger partial charge on any atom is 0.170 e. The van der Waals surface area contributed by atoms with Crippen LogP contribution in [0.15, 0.2) is 48.8 Å². The minimum Gasteiger partial charge on any atom is -0.504 e. The Hall–Kier alpha value is -3.82. The molecule has 1 saturated heterocycles. The number of hydrogen-bond acceptors (Lipinski definition) is 8. The van der Waals surface area contributed by atoms with Crippen LogP contribution in [-0.4, -0.2) is 45.0 Å². The van der Waals surface area contributed by atoms with E-state index in [4.69, 9.17) is 22.3 Å². The largest absolute Gasteiger partial charge is 0.504 e. The zero-order chi connectivity index (χ0) is 26.4. The number of nitrogens with zero attached hydrogens (tertiary/aromatic N) is 4. The molecular weight excluding hydrogens is 507 g/mol. The molecule has 2 fully saturated rings. The highest BCUT2D eigenvalue weighted by atomic mass is 35.5. The zero-order valence-electron chi connectivity index (χ0n) is 20.5. The van der Waals surface area contributed by atoms with Gasteiger partial charge in [0.2, 0.25) is 0 Å². The molecule has 194 valence electrons. The number of halogens is 2. The van der Waals surface area contributed by atoms with Crippen molar-refractivity contribution in [1.82, 2.24) is 15.0 Å². The Morgan fingerprint density at radius 1 is 1.13 bits per heavy atom. The fraction of sp³-hybridized carbons (Fsp3) is 0.286. The summed E-state index contributed by atoms with van der Waals surface area (Å²) in [6, 6.07) is 10.1. The summed E-state index contributed by atoms with van der Waals surface area (Å²) < 4.78 is 14.2. The van der Waals surface area contributed by atoms with E-state index in [9.17, 15) is 14.3 Å². The maximum atomic E-state index is 14.2. The first kappa shape index (κ1) is 24.5. The third-order valence-electron chi connectivity index (χ3n) is 7.04. The van der Waals surface area contributed by atoms with Gasteiger partial charge in [-0.05, 0) is 62.1 Å². The Labute approximate surface area is 223 Å². The molecule has 0 spiro atoms. The summed E-state index contributed by atoms with van der Waals surface area (Å²) in [4.78, 5) is 29.2. The number of phenolic OH excluding ortho intramolecular Hbond substituents is 1. The Morgan fingerprint density at radius 2 is 1.97 bits per heavy atom. The van der Waals surface area contributed by atoms with Crippen LogP contribution < -0.4 is 16.0 Å². The summed E-state index contributed by atoms with van der Waals surface area (Å²) in [5, 5.41) is 13.0. The predicted octanol–water partition coefficient (Wildman–Crippen LogP) is 5.45. The maximum absolute atomic E-state index is 14.2. The number of aromatic nitrogens is 3. The number of anilines is 3. The molecule has 8 nitrogen and oxygen atoms in total. The standard InChI is InChI=1S/C28H26ClFN6O2/c29-20-10-16(11-21(30)28(20)38)22-6-7-23-26(35-22)25(19(13-32-23)27(37)15-3-4-15)34-18-5-8-24(33-12-18)36-9-1-2-17(31)14-36/h5-8,10-13,15,17,38H,1-4,9,14,31H2,(H,32,34). The van der Waals surface area contributed by atoms with Gasteiger partial charge in [-0.25, -0.2) is 14.4 Å². The highest BCUT2D eigenvalue weighted by Crippen LogP contribution is 2.38. The molecule has 10 heteroatoms. The Balaban J connectivity index is 1.40. The van der Waals surface area contributed by atoms with Crippen LogP contribution in [-0.2, 0) is 0 Å². The van der Waals surface area contributed by atoms with E-state index in [1.165, 1.54) is 12.1 Å². The fourth-order valence-corrected chi connectivity index (χ4v) is 5.04. The third-order valence-corrected chi connectivity index (χ3v) is 7.33. The second-order valence-electron chi connectivity index (χ2n) is 9.92. The molecule has 0 radical (unpaired) electrons. The van der Waals surface area contributed by atoms with Gasteiger partial charge in [0.1, 0.15) is 11.3 Å². The van der Waals surface area contributed by atoms with Crippen molar-refractivity contribution in [1.29, 1.82) is 0 Å². The van der Waals surface area contributed by atoms with Gasteiger partial charge in [0.25, 0.3) is 0 Å². The topological polar surface area (TPSA) is 117 Å². The van der Waals surface area contributed by atoms with Crippen LogP contribution in [0.25, 0.3) is 22.3 Å². The molecule has 4 N–H and O–H groups in total. The fourth-order valence-electron chi connectivity index (χ4n) is 4.83. The second-order valence-corrected chi connectivity index (χ2v) is 10.3. The van der Waals surface area contributed by atoms with E-state index in [0.29, 0.717) is 39.2 Å². The van der Waals surface area contributed by atoms with Gasteiger partial charge in [0.15, 0.2) is 17.3 Å². The van der Waals surface area contributed by atoms with Crippen molar-refractivity contribution in [3.63, 3.8) is 0 Å². The van der Waals surface area contributed by atoms with Crippen LogP contribution >= 0.6 is 11.6 Å². The first-order valence-corrected chi connectivity index (χ1v) is 13.0. The van der Waals surface area contributed by atoms with Crippen molar-refractivity contribution >= 4 is 45.6 Å². The van der Waals surface area contributed by atoms with Crippen LogP contribution in [0.1, 0.15) is 36.0 Å². The number of benzene rings is 1. The molecule has 0 bridgehead atoms.